The lowest BCUT2D eigenvalue weighted by atomic mass is 10.4. The smallest absolute Gasteiger partial charge is 0.425 e. The monoisotopic (exact) mass is 330 g/mol. The van der Waals surface area contributed by atoms with Crippen LogP contribution in [0.15, 0.2) is 6.07 Å². The van der Waals surface area contributed by atoms with Crippen molar-refractivity contribution < 1.29 is 17.6 Å². The molecule has 0 bridgehead atoms. The van der Waals surface area contributed by atoms with Gasteiger partial charge in [-0.25, -0.2) is 0 Å². The highest BCUT2D eigenvalue weighted by atomic mass is 35.5. The van der Waals surface area contributed by atoms with Gasteiger partial charge in [-0.15, -0.1) is 22.9 Å². The Morgan fingerprint density at radius 2 is 2.00 bits per heavy atom. The van der Waals surface area contributed by atoms with Crippen molar-refractivity contribution in [1.82, 2.24) is 0 Å². The molecular formula is C12H18ClF3OSSi. The second kappa shape index (κ2) is 6.50. The summed E-state index contributed by atoms with van der Waals surface area (Å²) in [6.07, 6.45) is -2.24. The minimum atomic E-state index is -4.33. The lowest BCUT2D eigenvalue weighted by Gasteiger charge is -2.24. The predicted molar refractivity (Wildman–Crippen MR) is 76.7 cm³/mol. The number of hydrogen-bond donors (Lipinski definition) is 0. The van der Waals surface area contributed by atoms with Crippen LogP contribution in [0.3, 0.4) is 0 Å². The molecule has 0 spiro atoms. The van der Waals surface area contributed by atoms with Crippen LogP contribution >= 0.6 is 22.9 Å². The number of halogens is 4. The van der Waals surface area contributed by atoms with Gasteiger partial charge in [0.2, 0.25) is 8.32 Å². The summed E-state index contributed by atoms with van der Waals surface area (Å²) in [6.45, 7) is 6.12. The molecule has 0 atom stereocenters. The van der Waals surface area contributed by atoms with Crippen molar-refractivity contribution in [2.45, 2.75) is 51.0 Å². The molecule has 0 saturated heterocycles. The molecule has 1 aromatic rings. The van der Waals surface area contributed by atoms with Crippen molar-refractivity contribution in [2.24, 2.45) is 0 Å². The van der Waals surface area contributed by atoms with Gasteiger partial charge in [0.05, 0.1) is 10.8 Å². The van der Waals surface area contributed by atoms with Crippen LogP contribution in [0.5, 0.6) is 5.75 Å². The molecule has 0 unspecified atom stereocenters. The van der Waals surface area contributed by atoms with Crippen LogP contribution < -0.4 is 4.43 Å². The van der Waals surface area contributed by atoms with Crippen LogP contribution in [0, 0.1) is 0 Å². The average Bonchev–Trinajstić information content (AvgIpc) is 2.68. The van der Waals surface area contributed by atoms with Gasteiger partial charge in [0.15, 0.2) is 0 Å². The molecule has 19 heavy (non-hydrogen) atoms. The van der Waals surface area contributed by atoms with Crippen molar-refractivity contribution >= 4 is 31.3 Å². The quantitative estimate of drug-likeness (QED) is 0.467. The third kappa shape index (κ3) is 5.00. The van der Waals surface area contributed by atoms with E-state index in [1.807, 2.05) is 13.1 Å². The predicted octanol–water partition coefficient (Wildman–Crippen LogP) is 5.89. The molecule has 1 rings (SSSR count). The summed E-state index contributed by atoms with van der Waals surface area (Å²) in [5, 5.41) is 0. The minimum Gasteiger partial charge on any atom is -0.543 e. The molecule has 0 aliphatic heterocycles. The van der Waals surface area contributed by atoms with E-state index >= 15 is 0 Å². The first-order chi connectivity index (χ1) is 8.69. The van der Waals surface area contributed by atoms with E-state index in [0.717, 1.165) is 25.0 Å². The van der Waals surface area contributed by atoms with Gasteiger partial charge in [-0.1, -0.05) is 19.8 Å². The molecule has 0 amide bonds. The van der Waals surface area contributed by atoms with E-state index in [2.05, 4.69) is 6.92 Å². The molecule has 1 heterocycles. The van der Waals surface area contributed by atoms with E-state index in [1.54, 1.807) is 0 Å². The molecule has 110 valence electrons. The Bertz CT molecular complexity index is 418. The lowest BCUT2D eigenvalue weighted by Crippen LogP contribution is -2.33. The summed E-state index contributed by atoms with van der Waals surface area (Å²) in [4.78, 5) is -0.176. The first-order valence-electron chi connectivity index (χ1n) is 6.14. The van der Waals surface area contributed by atoms with Crippen molar-refractivity contribution in [3.8, 4) is 5.75 Å². The molecule has 0 aliphatic rings. The number of hydrogen-bond acceptors (Lipinski definition) is 2. The zero-order valence-electron chi connectivity index (χ0n) is 11.2. The molecule has 0 radical (unpaired) electrons. The summed E-state index contributed by atoms with van der Waals surface area (Å²) in [5.74, 6) is 0.369. The van der Waals surface area contributed by atoms with Crippen molar-refractivity contribution in [3.63, 3.8) is 0 Å². The van der Waals surface area contributed by atoms with Gasteiger partial charge in [-0.05, 0) is 19.1 Å². The van der Waals surface area contributed by atoms with E-state index in [4.69, 9.17) is 16.0 Å². The summed E-state index contributed by atoms with van der Waals surface area (Å²) in [7, 11) is -1.98. The fourth-order valence-electron chi connectivity index (χ4n) is 1.68. The maximum atomic E-state index is 12.7. The fraction of sp³-hybridized carbons (Fsp3) is 0.667. The Kier molecular flexibility index (Phi) is 5.76. The first-order valence-corrected chi connectivity index (χ1v) is 10.6. The normalized spacial score (nSPS) is 12.8. The Labute approximate surface area is 121 Å². The molecule has 1 nitrogen and oxygen atoms in total. The largest absolute Gasteiger partial charge is 0.543 e. The highest BCUT2D eigenvalue weighted by molar-refractivity contribution is 7.12. The van der Waals surface area contributed by atoms with Crippen molar-refractivity contribution in [2.75, 3.05) is 0 Å². The summed E-state index contributed by atoms with van der Waals surface area (Å²) >= 11 is 6.38. The van der Waals surface area contributed by atoms with Crippen LogP contribution in [0.25, 0.3) is 0 Å². The summed E-state index contributed by atoms with van der Waals surface area (Å²) < 4.78 is 43.9. The molecule has 0 N–H and O–H groups in total. The van der Waals surface area contributed by atoms with E-state index in [0.29, 0.717) is 22.0 Å². The second-order valence-electron chi connectivity index (χ2n) is 4.99. The topological polar surface area (TPSA) is 9.23 Å². The summed E-state index contributed by atoms with van der Waals surface area (Å²) in [6, 6.07) is 2.02. The second-order valence-corrected chi connectivity index (χ2v) is 10.6. The maximum Gasteiger partial charge on any atom is 0.425 e. The Morgan fingerprint density at radius 1 is 1.37 bits per heavy atom. The van der Waals surface area contributed by atoms with Crippen LogP contribution in [-0.4, -0.2) is 8.32 Å². The van der Waals surface area contributed by atoms with Crippen molar-refractivity contribution in [3.05, 3.63) is 15.8 Å². The standard InChI is InChI=1S/C12H18ClF3OSSi/c1-4-5-6-19(2,3)17-9-7-11(12(14,15)16)18-10(9)8-13/h7H,4-6,8H2,1-3H3. The Morgan fingerprint density at radius 3 is 2.47 bits per heavy atom. The van der Waals surface area contributed by atoms with Gasteiger partial charge < -0.3 is 4.43 Å². The third-order valence-electron chi connectivity index (χ3n) is 2.69. The van der Waals surface area contributed by atoms with E-state index < -0.39 is 19.4 Å². The van der Waals surface area contributed by atoms with E-state index in [1.165, 1.54) is 0 Å². The average molecular weight is 331 g/mol. The molecule has 0 aliphatic carbocycles. The Hall–Kier alpha value is -0.203. The van der Waals surface area contributed by atoms with Crippen LogP contribution in [0.1, 0.15) is 29.5 Å². The first kappa shape index (κ1) is 16.9. The van der Waals surface area contributed by atoms with Gasteiger partial charge in [0.25, 0.3) is 0 Å². The van der Waals surface area contributed by atoms with Crippen LogP contribution in [0.4, 0.5) is 13.2 Å². The van der Waals surface area contributed by atoms with Gasteiger partial charge >= 0.3 is 6.18 Å². The molecule has 0 saturated carbocycles. The SMILES string of the molecule is CCCC[Si](C)(C)Oc1cc(C(F)(F)F)sc1CCl. The molecule has 7 heteroatoms. The van der Waals surface area contributed by atoms with E-state index in [-0.39, 0.29) is 5.88 Å². The number of thiophene rings is 1. The van der Waals surface area contributed by atoms with Gasteiger partial charge in [0, 0.05) is 6.07 Å². The van der Waals surface area contributed by atoms with Gasteiger partial charge in [-0.3, -0.25) is 0 Å². The third-order valence-corrected chi connectivity index (χ3v) is 6.61. The van der Waals surface area contributed by atoms with Gasteiger partial charge in [-0.2, -0.15) is 13.2 Å². The van der Waals surface area contributed by atoms with Crippen molar-refractivity contribution in [1.29, 1.82) is 0 Å². The highest BCUT2D eigenvalue weighted by Gasteiger charge is 2.35. The number of alkyl halides is 4. The summed E-state index contributed by atoms with van der Waals surface area (Å²) in [5.41, 5.74) is 0. The van der Waals surface area contributed by atoms with Gasteiger partial charge in [0.1, 0.15) is 10.6 Å². The number of unbranched alkanes of at least 4 members (excludes halogenated alkanes) is 1. The minimum absolute atomic E-state index is 0.0499. The number of rotatable bonds is 6. The Balaban J connectivity index is 2.91. The maximum absolute atomic E-state index is 12.7. The zero-order valence-corrected chi connectivity index (χ0v) is 13.8. The highest BCUT2D eigenvalue weighted by Crippen LogP contribution is 2.41. The van der Waals surface area contributed by atoms with E-state index in [9.17, 15) is 13.2 Å². The molecule has 1 aromatic heterocycles. The van der Waals surface area contributed by atoms with Crippen LogP contribution in [0.2, 0.25) is 19.1 Å². The zero-order chi connectivity index (χ0) is 14.7. The molecule has 0 aromatic carbocycles. The van der Waals surface area contributed by atoms with Crippen LogP contribution in [-0.2, 0) is 12.1 Å². The lowest BCUT2D eigenvalue weighted by molar-refractivity contribution is -0.134. The molecular weight excluding hydrogens is 313 g/mol. The fourth-order valence-corrected chi connectivity index (χ4v) is 4.94. The molecule has 0 fully saturated rings.